The van der Waals surface area contributed by atoms with Crippen LogP contribution in [0.4, 0.5) is 0 Å². The number of ether oxygens (including phenoxy) is 1. The van der Waals surface area contributed by atoms with E-state index < -0.39 is 0 Å². The zero-order chi connectivity index (χ0) is 13.5. The molecule has 1 fully saturated rings. The average Bonchev–Trinajstić information content (AvgIpc) is 2.42. The second kappa shape index (κ2) is 7.33. The van der Waals surface area contributed by atoms with Gasteiger partial charge in [0.05, 0.1) is 19.6 Å². The highest BCUT2D eigenvalue weighted by Crippen LogP contribution is 2.19. The zero-order valence-corrected chi connectivity index (χ0v) is 11.0. The molecule has 104 valence electrons. The third kappa shape index (κ3) is 3.96. The van der Waals surface area contributed by atoms with Gasteiger partial charge in [-0.1, -0.05) is 6.92 Å². The van der Waals surface area contributed by atoms with Crippen LogP contribution in [0.3, 0.4) is 0 Å². The highest BCUT2D eigenvalue weighted by atomic mass is 16.5. The van der Waals surface area contributed by atoms with E-state index in [1.165, 1.54) is 7.11 Å². The minimum absolute atomic E-state index is 0.0329. The summed E-state index contributed by atoms with van der Waals surface area (Å²) in [6.45, 7) is 3.32. The molecule has 1 saturated heterocycles. The number of aliphatic hydroxyl groups excluding tert-OH is 1. The van der Waals surface area contributed by atoms with Crippen LogP contribution in [-0.4, -0.2) is 61.3 Å². The summed E-state index contributed by atoms with van der Waals surface area (Å²) in [5.74, 6) is -0.519. The smallest absolute Gasteiger partial charge is 0.310 e. The normalized spacial score (nSPS) is 23.8. The molecule has 1 aliphatic heterocycles. The lowest BCUT2D eigenvalue weighted by Gasteiger charge is -2.37. The van der Waals surface area contributed by atoms with Crippen molar-refractivity contribution in [3.05, 3.63) is 0 Å². The van der Waals surface area contributed by atoms with E-state index in [9.17, 15) is 9.59 Å². The van der Waals surface area contributed by atoms with Crippen molar-refractivity contribution in [2.24, 2.45) is 5.92 Å². The first kappa shape index (κ1) is 14.9. The molecule has 0 aromatic rings. The summed E-state index contributed by atoms with van der Waals surface area (Å²) in [7, 11) is 1.36. The van der Waals surface area contributed by atoms with Crippen molar-refractivity contribution in [1.29, 1.82) is 0 Å². The quantitative estimate of drug-likeness (QED) is 0.642. The van der Waals surface area contributed by atoms with Crippen molar-refractivity contribution in [2.75, 3.05) is 33.4 Å². The maximum absolute atomic E-state index is 11.7. The summed E-state index contributed by atoms with van der Waals surface area (Å²) in [5.41, 5.74) is 0. The number of amides is 1. The molecule has 0 aliphatic carbocycles. The predicted octanol–water partition coefficient (Wildman–Crippen LogP) is -0.632. The van der Waals surface area contributed by atoms with Gasteiger partial charge in [-0.25, -0.2) is 0 Å². The van der Waals surface area contributed by atoms with E-state index in [1.807, 2.05) is 0 Å². The van der Waals surface area contributed by atoms with E-state index in [1.54, 1.807) is 11.8 Å². The second-order valence-corrected chi connectivity index (χ2v) is 4.48. The van der Waals surface area contributed by atoms with E-state index in [2.05, 4.69) is 5.32 Å². The van der Waals surface area contributed by atoms with Crippen molar-refractivity contribution in [3.8, 4) is 0 Å². The van der Waals surface area contributed by atoms with Gasteiger partial charge in [-0.05, 0) is 6.42 Å². The molecule has 0 saturated carbocycles. The first-order valence-electron chi connectivity index (χ1n) is 6.32. The monoisotopic (exact) mass is 258 g/mol. The number of rotatable bonds is 5. The SMILES string of the molecule is CCC(=O)N1CC(NCCO)CC(C(=O)OC)C1. The maximum Gasteiger partial charge on any atom is 0.310 e. The van der Waals surface area contributed by atoms with Crippen LogP contribution in [0.2, 0.25) is 0 Å². The van der Waals surface area contributed by atoms with E-state index in [0.717, 1.165) is 0 Å². The lowest BCUT2D eigenvalue weighted by Crippen LogP contribution is -2.53. The van der Waals surface area contributed by atoms with Gasteiger partial charge in [0.2, 0.25) is 5.91 Å². The molecule has 0 bridgehead atoms. The molecule has 18 heavy (non-hydrogen) atoms. The van der Waals surface area contributed by atoms with E-state index in [0.29, 0.717) is 32.5 Å². The number of aliphatic hydroxyl groups is 1. The van der Waals surface area contributed by atoms with Crippen molar-refractivity contribution in [3.63, 3.8) is 0 Å². The maximum atomic E-state index is 11.7. The van der Waals surface area contributed by atoms with Crippen LogP contribution in [0.25, 0.3) is 0 Å². The highest BCUT2D eigenvalue weighted by molar-refractivity contribution is 5.78. The number of carbonyl (C=O) groups is 2. The molecule has 0 aromatic heterocycles. The summed E-state index contributed by atoms with van der Waals surface area (Å²) in [4.78, 5) is 25.0. The van der Waals surface area contributed by atoms with E-state index >= 15 is 0 Å². The Kier molecular flexibility index (Phi) is 6.07. The zero-order valence-electron chi connectivity index (χ0n) is 11.0. The molecule has 0 spiro atoms. The number of nitrogens with zero attached hydrogens (tertiary/aromatic N) is 1. The highest BCUT2D eigenvalue weighted by Gasteiger charge is 2.33. The van der Waals surface area contributed by atoms with Crippen LogP contribution in [0, 0.1) is 5.92 Å². The first-order valence-corrected chi connectivity index (χ1v) is 6.32. The summed E-state index contributed by atoms with van der Waals surface area (Å²) in [6, 6.07) is 0.0329. The van der Waals surface area contributed by atoms with Crippen molar-refractivity contribution in [1.82, 2.24) is 10.2 Å². The Balaban J connectivity index is 2.65. The van der Waals surface area contributed by atoms with Crippen LogP contribution in [0.1, 0.15) is 19.8 Å². The summed E-state index contributed by atoms with van der Waals surface area (Å²) < 4.78 is 4.75. The van der Waals surface area contributed by atoms with Crippen molar-refractivity contribution in [2.45, 2.75) is 25.8 Å². The van der Waals surface area contributed by atoms with Crippen LogP contribution >= 0.6 is 0 Å². The molecule has 0 aromatic carbocycles. The topological polar surface area (TPSA) is 78.9 Å². The third-order valence-electron chi connectivity index (χ3n) is 3.19. The second-order valence-electron chi connectivity index (χ2n) is 4.48. The lowest BCUT2D eigenvalue weighted by molar-refractivity contribution is -0.149. The largest absolute Gasteiger partial charge is 0.469 e. The lowest BCUT2D eigenvalue weighted by atomic mass is 9.94. The molecule has 1 amide bonds. The van der Waals surface area contributed by atoms with Gasteiger partial charge in [-0.15, -0.1) is 0 Å². The summed E-state index contributed by atoms with van der Waals surface area (Å²) in [6.07, 6.45) is 1.07. The van der Waals surface area contributed by atoms with Gasteiger partial charge in [-0.3, -0.25) is 9.59 Å². The van der Waals surface area contributed by atoms with Gasteiger partial charge >= 0.3 is 5.97 Å². The number of likely N-dealkylation sites (tertiary alicyclic amines) is 1. The molecule has 1 rings (SSSR count). The number of carbonyl (C=O) groups excluding carboxylic acids is 2. The molecule has 2 atom stereocenters. The molecule has 1 aliphatic rings. The molecule has 6 heteroatoms. The van der Waals surface area contributed by atoms with Gasteiger partial charge in [0.25, 0.3) is 0 Å². The Bertz CT molecular complexity index is 272. The fourth-order valence-corrected chi connectivity index (χ4v) is 2.28. The molecular formula is C12H22N2O4. The summed E-state index contributed by atoms with van der Waals surface area (Å²) in [5, 5.41) is 11.9. The van der Waals surface area contributed by atoms with E-state index in [-0.39, 0.29) is 30.4 Å². The van der Waals surface area contributed by atoms with Crippen molar-refractivity contribution < 1.29 is 19.4 Å². The Labute approximate surface area is 107 Å². The number of hydrogen-bond acceptors (Lipinski definition) is 5. The van der Waals surface area contributed by atoms with Crippen LogP contribution < -0.4 is 5.32 Å². The molecule has 0 radical (unpaired) electrons. The minimum atomic E-state index is -0.282. The third-order valence-corrected chi connectivity index (χ3v) is 3.19. The van der Waals surface area contributed by atoms with Gasteiger partial charge in [0.1, 0.15) is 0 Å². The Morgan fingerprint density at radius 2 is 2.17 bits per heavy atom. The first-order chi connectivity index (χ1) is 8.62. The summed E-state index contributed by atoms with van der Waals surface area (Å²) >= 11 is 0. The van der Waals surface area contributed by atoms with Gasteiger partial charge in [0.15, 0.2) is 0 Å². The Morgan fingerprint density at radius 1 is 1.44 bits per heavy atom. The average molecular weight is 258 g/mol. The fraction of sp³-hybridized carbons (Fsp3) is 0.833. The fourth-order valence-electron chi connectivity index (χ4n) is 2.28. The Morgan fingerprint density at radius 3 is 2.72 bits per heavy atom. The van der Waals surface area contributed by atoms with Gasteiger partial charge in [-0.2, -0.15) is 0 Å². The number of esters is 1. The number of piperidine rings is 1. The van der Waals surface area contributed by atoms with Crippen LogP contribution in [0.15, 0.2) is 0 Å². The molecule has 1 heterocycles. The molecule has 6 nitrogen and oxygen atoms in total. The van der Waals surface area contributed by atoms with Gasteiger partial charge < -0.3 is 20.1 Å². The van der Waals surface area contributed by atoms with E-state index in [4.69, 9.17) is 9.84 Å². The van der Waals surface area contributed by atoms with Crippen molar-refractivity contribution >= 4 is 11.9 Å². The number of methoxy groups -OCH3 is 1. The number of hydrogen-bond donors (Lipinski definition) is 2. The minimum Gasteiger partial charge on any atom is -0.469 e. The van der Waals surface area contributed by atoms with Gasteiger partial charge in [0, 0.05) is 32.1 Å². The molecule has 2 unspecified atom stereocenters. The predicted molar refractivity (Wildman–Crippen MR) is 65.9 cm³/mol. The molecular weight excluding hydrogens is 236 g/mol. The standard InChI is InChI=1S/C12H22N2O4/c1-3-11(16)14-7-9(12(17)18-2)6-10(8-14)13-4-5-15/h9-10,13,15H,3-8H2,1-2H3. The van der Waals surface area contributed by atoms with Crippen LogP contribution in [0.5, 0.6) is 0 Å². The van der Waals surface area contributed by atoms with Crippen LogP contribution in [-0.2, 0) is 14.3 Å². The Hall–Kier alpha value is -1.14. The number of nitrogens with one attached hydrogen (secondary N) is 1. The molecule has 2 N–H and O–H groups in total.